The van der Waals surface area contributed by atoms with Gasteiger partial charge in [-0.1, -0.05) is 4.49 Å². The van der Waals surface area contributed by atoms with Crippen molar-refractivity contribution in [1.82, 2.24) is 14.6 Å². The molecular weight excluding hydrogens is 192 g/mol. The van der Waals surface area contributed by atoms with Gasteiger partial charge >= 0.3 is 0 Å². The molecule has 0 aromatic carbocycles. The zero-order valence-corrected chi connectivity index (χ0v) is 7.73. The van der Waals surface area contributed by atoms with Crippen molar-refractivity contribution in [3.05, 3.63) is 22.8 Å². The lowest BCUT2D eigenvalue weighted by molar-refractivity contribution is 1.08. The van der Waals surface area contributed by atoms with Crippen molar-refractivity contribution in [2.75, 3.05) is 5.32 Å². The summed E-state index contributed by atoms with van der Waals surface area (Å²) in [4.78, 5) is 4.14. The quantitative estimate of drug-likeness (QED) is 0.814. The number of thiazole rings is 1. The lowest BCUT2D eigenvalue weighted by Crippen LogP contribution is -1.96. The summed E-state index contributed by atoms with van der Waals surface area (Å²) in [6.45, 7) is 0.743. The summed E-state index contributed by atoms with van der Waals surface area (Å²) < 4.78 is 3.73. The van der Waals surface area contributed by atoms with Crippen LogP contribution in [0.4, 0.5) is 5.00 Å². The van der Waals surface area contributed by atoms with E-state index >= 15 is 0 Å². The molecule has 62 valence electrons. The lowest BCUT2D eigenvalue weighted by Gasteiger charge is -1.96. The van der Waals surface area contributed by atoms with E-state index in [1.54, 1.807) is 17.5 Å². The van der Waals surface area contributed by atoms with Crippen LogP contribution in [0.15, 0.2) is 17.1 Å². The second-order valence-corrected chi connectivity index (χ2v) is 3.62. The van der Waals surface area contributed by atoms with Crippen LogP contribution in [0.1, 0.15) is 5.69 Å². The second kappa shape index (κ2) is 3.59. The summed E-state index contributed by atoms with van der Waals surface area (Å²) in [5.74, 6) is 0. The standard InChI is InChI=1S/C6H6N4S2/c1(5-3-11-4-8-5)7-6-2-9-10-12-6/h2-4,7H,1H2. The van der Waals surface area contributed by atoms with Gasteiger partial charge in [0.25, 0.3) is 0 Å². The van der Waals surface area contributed by atoms with Crippen LogP contribution in [-0.4, -0.2) is 14.6 Å². The van der Waals surface area contributed by atoms with E-state index < -0.39 is 0 Å². The first-order valence-corrected chi connectivity index (χ1v) is 5.05. The fourth-order valence-electron chi connectivity index (χ4n) is 0.748. The molecule has 0 saturated carbocycles. The van der Waals surface area contributed by atoms with Crippen LogP contribution in [-0.2, 0) is 6.54 Å². The van der Waals surface area contributed by atoms with Crippen LogP contribution in [0, 0.1) is 0 Å². The predicted molar refractivity (Wildman–Crippen MR) is 49.3 cm³/mol. The minimum absolute atomic E-state index is 0.743. The molecule has 0 radical (unpaired) electrons. The highest BCUT2D eigenvalue weighted by atomic mass is 32.1. The molecule has 6 heteroatoms. The van der Waals surface area contributed by atoms with Gasteiger partial charge in [0.15, 0.2) is 0 Å². The van der Waals surface area contributed by atoms with E-state index in [1.165, 1.54) is 11.5 Å². The molecule has 0 unspecified atom stereocenters. The van der Waals surface area contributed by atoms with Crippen LogP contribution in [0.2, 0.25) is 0 Å². The van der Waals surface area contributed by atoms with E-state index in [0.717, 1.165) is 17.2 Å². The molecule has 2 aromatic heterocycles. The van der Waals surface area contributed by atoms with E-state index in [-0.39, 0.29) is 0 Å². The maximum absolute atomic E-state index is 4.14. The molecule has 0 atom stereocenters. The molecule has 0 aliphatic rings. The summed E-state index contributed by atoms with van der Waals surface area (Å²) in [7, 11) is 0. The average Bonchev–Trinajstić information content (AvgIpc) is 2.74. The highest BCUT2D eigenvalue weighted by molar-refractivity contribution is 7.09. The number of nitrogens with zero attached hydrogens (tertiary/aromatic N) is 3. The third-order valence-corrected chi connectivity index (χ3v) is 2.55. The van der Waals surface area contributed by atoms with E-state index in [9.17, 15) is 0 Å². The van der Waals surface area contributed by atoms with Gasteiger partial charge in [0.05, 0.1) is 23.9 Å². The van der Waals surface area contributed by atoms with Crippen LogP contribution in [0.3, 0.4) is 0 Å². The molecule has 2 rings (SSSR count). The summed E-state index contributed by atoms with van der Waals surface area (Å²) in [6.07, 6.45) is 1.71. The van der Waals surface area contributed by atoms with Crippen molar-refractivity contribution in [3.8, 4) is 0 Å². The Hall–Kier alpha value is -1.01. The van der Waals surface area contributed by atoms with E-state index in [1.807, 2.05) is 10.9 Å². The first-order chi connectivity index (χ1) is 5.95. The highest BCUT2D eigenvalue weighted by Crippen LogP contribution is 2.11. The zero-order valence-electron chi connectivity index (χ0n) is 6.10. The van der Waals surface area contributed by atoms with Gasteiger partial charge < -0.3 is 5.32 Å². The predicted octanol–water partition coefficient (Wildman–Crippen LogP) is 1.61. The monoisotopic (exact) mass is 198 g/mol. The van der Waals surface area contributed by atoms with E-state index in [4.69, 9.17) is 0 Å². The van der Waals surface area contributed by atoms with Crippen molar-refractivity contribution in [2.24, 2.45) is 0 Å². The molecule has 0 amide bonds. The van der Waals surface area contributed by atoms with Crippen molar-refractivity contribution >= 4 is 27.9 Å². The first kappa shape index (κ1) is 7.63. The Morgan fingerprint density at radius 1 is 1.50 bits per heavy atom. The van der Waals surface area contributed by atoms with E-state index in [0.29, 0.717) is 0 Å². The maximum atomic E-state index is 4.14. The van der Waals surface area contributed by atoms with Crippen molar-refractivity contribution in [2.45, 2.75) is 6.54 Å². The Morgan fingerprint density at radius 2 is 2.50 bits per heavy atom. The fraction of sp³-hybridized carbons (Fsp3) is 0.167. The molecular formula is C6H6N4S2. The Bertz CT molecular complexity index is 281. The number of hydrogen-bond acceptors (Lipinski definition) is 6. The molecule has 0 spiro atoms. The molecule has 0 aliphatic carbocycles. The molecule has 0 fully saturated rings. The van der Waals surface area contributed by atoms with Gasteiger partial charge in [-0.05, 0) is 0 Å². The number of nitrogens with one attached hydrogen (secondary N) is 1. The van der Waals surface area contributed by atoms with Crippen LogP contribution in [0.25, 0.3) is 0 Å². The Kier molecular flexibility index (Phi) is 2.28. The number of aromatic nitrogens is 3. The average molecular weight is 198 g/mol. The molecule has 4 nitrogen and oxygen atoms in total. The number of hydrogen-bond donors (Lipinski definition) is 1. The minimum Gasteiger partial charge on any atom is -0.369 e. The summed E-state index contributed by atoms with van der Waals surface area (Å²) >= 11 is 2.95. The SMILES string of the molecule is c1nc(CNc2cnns2)cs1. The summed E-state index contributed by atoms with van der Waals surface area (Å²) in [5, 5.41) is 9.87. The van der Waals surface area contributed by atoms with Crippen LogP contribution in [0.5, 0.6) is 0 Å². The molecule has 0 saturated heterocycles. The summed E-state index contributed by atoms with van der Waals surface area (Å²) in [6, 6.07) is 0. The molecule has 2 aromatic rings. The Labute approximate surface area is 77.5 Å². The molecule has 1 N–H and O–H groups in total. The van der Waals surface area contributed by atoms with E-state index in [2.05, 4.69) is 19.9 Å². The zero-order chi connectivity index (χ0) is 8.23. The fourth-order valence-corrected chi connectivity index (χ4v) is 1.72. The molecule has 0 aliphatic heterocycles. The molecule has 0 bridgehead atoms. The number of anilines is 1. The Morgan fingerprint density at radius 3 is 3.17 bits per heavy atom. The van der Waals surface area contributed by atoms with Gasteiger partial charge in [-0.2, -0.15) is 0 Å². The third kappa shape index (κ3) is 1.77. The van der Waals surface area contributed by atoms with Crippen molar-refractivity contribution in [3.63, 3.8) is 0 Å². The lowest BCUT2D eigenvalue weighted by atomic mass is 10.5. The van der Waals surface area contributed by atoms with Gasteiger partial charge in [0, 0.05) is 16.9 Å². The highest BCUT2D eigenvalue weighted by Gasteiger charge is 1.96. The van der Waals surface area contributed by atoms with Crippen molar-refractivity contribution < 1.29 is 0 Å². The van der Waals surface area contributed by atoms with Crippen LogP contribution < -0.4 is 5.32 Å². The smallest absolute Gasteiger partial charge is 0.130 e. The number of rotatable bonds is 3. The van der Waals surface area contributed by atoms with Gasteiger partial charge in [-0.3, -0.25) is 0 Å². The van der Waals surface area contributed by atoms with Gasteiger partial charge in [0.2, 0.25) is 0 Å². The summed E-state index contributed by atoms with van der Waals surface area (Å²) in [5.41, 5.74) is 2.87. The van der Waals surface area contributed by atoms with Gasteiger partial charge in [0.1, 0.15) is 5.00 Å². The maximum Gasteiger partial charge on any atom is 0.130 e. The molecule has 2 heterocycles. The minimum atomic E-state index is 0.743. The molecule has 12 heavy (non-hydrogen) atoms. The second-order valence-electron chi connectivity index (χ2n) is 2.12. The van der Waals surface area contributed by atoms with Crippen molar-refractivity contribution in [1.29, 1.82) is 0 Å². The topological polar surface area (TPSA) is 50.7 Å². The Balaban J connectivity index is 1.91. The van der Waals surface area contributed by atoms with Gasteiger partial charge in [-0.25, -0.2) is 4.98 Å². The normalized spacial score (nSPS) is 10.0. The third-order valence-electron chi connectivity index (χ3n) is 1.29. The van der Waals surface area contributed by atoms with Gasteiger partial charge in [-0.15, -0.1) is 16.4 Å². The first-order valence-electron chi connectivity index (χ1n) is 3.33. The van der Waals surface area contributed by atoms with Crippen LogP contribution >= 0.6 is 22.9 Å². The largest absolute Gasteiger partial charge is 0.369 e.